The summed E-state index contributed by atoms with van der Waals surface area (Å²) in [5.74, 6) is 0.588. The van der Waals surface area contributed by atoms with Gasteiger partial charge in [0.15, 0.2) is 10.9 Å². The van der Waals surface area contributed by atoms with Crippen molar-refractivity contribution >= 4 is 28.1 Å². The summed E-state index contributed by atoms with van der Waals surface area (Å²) in [6.07, 6.45) is 5.52. The maximum atomic E-state index is 15.4. The standard InChI is InChI=1S/C23H18ClFN10OS/c1-10-19(37-22(26)29-10)13-8-27-20(30-13)15-7-23(4-5-23)21-31-12(6-16(36)35(15)21)17-14(34-9-28-32-33-34)3-2-11(24)18(17)25/h2-3,6,8-9,15H,4-5,7H2,1H3,(H2,26,29)(H,27,30)/t15-/m0/s1. The van der Waals surface area contributed by atoms with Crippen LogP contribution in [-0.4, -0.2) is 44.7 Å². The smallest absolute Gasteiger partial charge is 0.254 e. The van der Waals surface area contributed by atoms with Crippen molar-refractivity contribution < 1.29 is 4.39 Å². The minimum absolute atomic E-state index is 0.0677. The molecule has 1 atom stereocenters. The van der Waals surface area contributed by atoms with Crippen LogP contribution in [0.15, 0.2) is 35.5 Å². The van der Waals surface area contributed by atoms with Crippen LogP contribution < -0.4 is 11.3 Å². The van der Waals surface area contributed by atoms with Crippen molar-refractivity contribution in [3.8, 4) is 27.5 Å². The van der Waals surface area contributed by atoms with Gasteiger partial charge in [-0.3, -0.25) is 9.36 Å². The molecule has 1 aliphatic carbocycles. The number of hydrogen-bond acceptors (Lipinski definition) is 9. The minimum Gasteiger partial charge on any atom is -0.375 e. The molecule has 1 aromatic carbocycles. The van der Waals surface area contributed by atoms with Gasteiger partial charge < -0.3 is 10.7 Å². The number of nitrogens with zero attached hydrogens (tertiary/aromatic N) is 8. The number of aryl methyl sites for hydroxylation is 1. The molecule has 14 heteroatoms. The highest BCUT2D eigenvalue weighted by Crippen LogP contribution is 2.58. The summed E-state index contributed by atoms with van der Waals surface area (Å²) in [5, 5.41) is 11.5. The third kappa shape index (κ3) is 3.34. The van der Waals surface area contributed by atoms with E-state index in [1.807, 2.05) is 6.92 Å². The number of benzene rings is 1. The number of H-pyrrole nitrogens is 1. The van der Waals surface area contributed by atoms with E-state index in [2.05, 4.69) is 30.5 Å². The maximum absolute atomic E-state index is 15.4. The number of nitrogens with one attached hydrogen (secondary N) is 1. The topological polar surface area (TPSA) is 146 Å². The molecule has 1 fully saturated rings. The van der Waals surface area contributed by atoms with Crippen LogP contribution in [0.4, 0.5) is 9.52 Å². The monoisotopic (exact) mass is 536 g/mol. The molecule has 11 nitrogen and oxygen atoms in total. The first kappa shape index (κ1) is 22.2. The van der Waals surface area contributed by atoms with Gasteiger partial charge in [0.05, 0.1) is 50.5 Å². The number of hydrogen-bond donors (Lipinski definition) is 2. The van der Waals surface area contributed by atoms with Crippen molar-refractivity contribution in [3.63, 3.8) is 0 Å². The Balaban J connectivity index is 1.36. The summed E-state index contributed by atoms with van der Waals surface area (Å²) in [7, 11) is 0. The zero-order valence-electron chi connectivity index (χ0n) is 19.3. The summed E-state index contributed by atoms with van der Waals surface area (Å²) < 4.78 is 18.4. The molecule has 3 N–H and O–H groups in total. The number of nitrogens with two attached hydrogens (primary N) is 1. The molecule has 1 aliphatic heterocycles. The van der Waals surface area contributed by atoms with E-state index in [0.29, 0.717) is 28.9 Å². The fourth-order valence-electron chi connectivity index (χ4n) is 5.18. The largest absolute Gasteiger partial charge is 0.375 e. The predicted octanol–water partition coefficient (Wildman–Crippen LogP) is 3.44. The second-order valence-corrected chi connectivity index (χ2v) is 10.8. The molecule has 1 spiro atoms. The molecule has 0 saturated heterocycles. The lowest BCUT2D eigenvalue weighted by Crippen LogP contribution is -2.25. The van der Waals surface area contributed by atoms with E-state index in [-0.39, 0.29) is 33.3 Å². The van der Waals surface area contributed by atoms with Crippen LogP contribution in [0.2, 0.25) is 5.02 Å². The van der Waals surface area contributed by atoms with E-state index in [4.69, 9.17) is 22.3 Å². The number of nitrogen functional groups attached to an aromatic ring is 1. The van der Waals surface area contributed by atoms with Crippen molar-refractivity contribution in [1.82, 2.24) is 44.7 Å². The average molecular weight is 537 g/mol. The number of rotatable bonds is 4. The Morgan fingerprint density at radius 2 is 2.14 bits per heavy atom. The van der Waals surface area contributed by atoms with Crippen LogP contribution in [-0.2, 0) is 5.41 Å². The summed E-state index contributed by atoms with van der Waals surface area (Å²) in [6, 6.07) is 4.02. The lowest BCUT2D eigenvalue weighted by molar-refractivity contribution is 0.542. The molecule has 186 valence electrons. The van der Waals surface area contributed by atoms with E-state index in [1.54, 1.807) is 16.8 Å². The van der Waals surface area contributed by atoms with Gasteiger partial charge in [-0.05, 0) is 48.7 Å². The molecule has 0 unspecified atom stereocenters. The first-order chi connectivity index (χ1) is 17.8. The van der Waals surface area contributed by atoms with Gasteiger partial charge >= 0.3 is 0 Å². The van der Waals surface area contributed by atoms with Gasteiger partial charge in [-0.1, -0.05) is 22.9 Å². The molecule has 37 heavy (non-hydrogen) atoms. The number of halogens is 2. The highest BCUT2D eigenvalue weighted by Gasteiger charge is 2.55. The van der Waals surface area contributed by atoms with Gasteiger partial charge in [-0.25, -0.2) is 19.3 Å². The van der Waals surface area contributed by atoms with E-state index in [9.17, 15) is 4.79 Å². The molecule has 0 amide bonds. The molecule has 5 heterocycles. The number of imidazole rings is 1. The van der Waals surface area contributed by atoms with E-state index < -0.39 is 5.82 Å². The van der Waals surface area contributed by atoms with Crippen molar-refractivity contribution in [3.05, 3.63) is 69.3 Å². The second kappa shape index (κ2) is 7.76. The number of fused-ring (bicyclic) bond motifs is 2. The Morgan fingerprint density at radius 3 is 2.84 bits per heavy atom. The normalized spacial score (nSPS) is 17.4. The fourth-order valence-corrected chi connectivity index (χ4v) is 6.14. The van der Waals surface area contributed by atoms with Crippen LogP contribution >= 0.6 is 22.9 Å². The number of tetrazole rings is 1. The molecule has 1 saturated carbocycles. The molecular formula is C23H18ClFN10OS. The first-order valence-electron chi connectivity index (χ1n) is 11.5. The summed E-state index contributed by atoms with van der Waals surface area (Å²) in [6.45, 7) is 1.89. The SMILES string of the molecule is Cc1nc(N)sc1-c1cnc([C@@H]2CC3(CC3)c3nc(-c4c(-n5cnnn5)ccc(Cl)c4F)cc(=O)n32)[nH]1. The van der Waals surface area contributed by atoms with Crippen LogP contribution in [0.3, 0.4) is 0 Å². The van der Waals surface area contributed by atoms with Gasteiger partial charge in [0, 0.05) is 11.5 Å². The Hall–Kier alpha value is -3.97. The zero-order chi connectivity index (χ0) is 25.5. The average Bonchev–Trinajstić information content (AvgIpc) is 3.30. The van der Waals surface area contributed by atoms with Crippen LogP contribution in [0, 0.1) is 12.7 Å². The van der Waals surface area contributed by atoms with E-state index >= 15 is 4.39 Å². The number of thiazole rings is 1. The van der Waals surface area contributed by atoms with Gasteiger partial charge in [0.25, 0.3) is 5.56 Å². The van der Waals surface area contributed by atoms with E-state index in [0.717, 1.165) is 29.1 Å². The van der Waals surface area contributed by atoms with Gasteiger partial charge in [-0.2, -0.15) is 4.68 Å². The number of aromatic amines is 1. The third-order valence-corrected chi connectivity index (χ3v) is 8.38. The predicted molar refractivity (Wildman–Crippen MR) is 134 cm³/mol. The van der Waals surface area contributed by atoms with Gasteiger partial charge in [-0.15, -0.1) is 5.10 Å². The Kier molecular flexibility index (Phi) is 4.67. The highest BCUT2D eigenvalue weighted by molar-refractivity contribution is 7.18. The van der Waals surface area contributed by atoms with Crippen LogP contribution in [0.5, 0.6) is 0 Å². The van der Waals surface area contributed by atoms with E-state index in [1.165, 1.54) is 34.5 Å². The maximum Gasteiger partial charge on any atom is 0.254 e. The molecular weight excluding hydrogens is 519 g/mol. The molecule has 5 aromatic rings. The second-order valence-electron chi connectivity index (χ2n) is 9.33. The Labute approximate surface area is 217 Å². The summed E-state index contributed by atoms with van der Waals surface area (Å²) >= 11 is 7.50. The summed E-state index contributed by atoms with van der Waals surface area (Å²) in [4.78, 5) is 31.6. The van der Waals surface area contributed by atoms with Crippen molar-refractivity contribution in [2.75, 3.05) is 5.73 Å². The quantitative estimate of drug-likeness (QED) is 0.355. The minimum atomic E-state index is -0.694. The van der Waals surface area contributed by atoms with Crippen molar-refractivity contribution in [2.24, 2.45) is 0 Å². The van der Waals surface area contributed by atoms with Crippen LogP contribution in [0.1, 0.15) is 42.6 Å². The number of aromatic nitrogens is 9. The lowest BCUT2D eigenvalue weighted by atomic mass is 10.0. The Bertz CT molecular complexity index is 1750. The van der Waals surface area contributed by atoms with Crippen molar-refractivity contribution in [1.29, 1.82) is 0 Å². The molecule has 2 aliphatic rings. The number of anilines is 1. The Morgan fingerprint density at radius 1 is 1.30 bits per heavy atom. The lowest BCUT2D eigenvalue weighted by Gasteiger charge is -2.15. The zero-order valence-corrected chi connectivity index (χ0v) is 20.9. The first-order valence-corrected chi connectivity index (χ1v) is 12.7. The van der Waals surface area contributed by atoms with Gasteiger partial charge in [0.1, 0.15) is 18.0 Å². The molecule has 0 bridgehead atoms. The third-order valence-electron chi connectivity index (χ3n) is 7.07. The molecule has 4 aromatic heterocycles. The molecule has 7 rings (SSSR count). The fraction of sp³-hybridized carbons (Fsp3) is 0.261. The highest BCUT2D eigenvalue weighted by atomic mass is 35.5. The van der Waals surface area contributed by atoms with Crippen LogP contribution in [0.25, 0.3) is 27.5 Å². The molecule has 0 radical (unpaired) electrons. The summed E-state index contributed by atoms with van der Waals surface area (Å²) in [5.41, 5.74) is 7.50. The van der Waals surface area contributed by atoms with Gasteiger partial charge in [0.2, 0.25) is 0 Å². The van der Waals surface area contributed by atoms with Crippen molar-refractivity contribution in [2.45, 2.75) is 37.6 Å².